The van der Waals surface area contributed by atoms with E-state index in [9.17, 15) is 4.79 Å². The Balaban J connectivity index is 1.50. The van der Waals surface area contributed by atoms with Gasteiger partial charge >= 0.3 is 0 Å². The molecule has 0 unspecified atom stereocenters. The van der Waals surface area contributed by atoms with Crippen molar-refractivity contribution in [2.75, 3.05) is 6.54 Å². The molecule has 0 spiro atoms. The minimum Gasteiger partial charge on any atom is -0.451 e. The highest BCUT2D eigenvalue weighted by atomic mass is 35.5. The Morgan fingerprint density at radius 2 is 1.86 bits per heavy atom. The molecule has 0 aliphatic carbocycles. The first-order valence-corrected chi connectivity index (χ1v) is 7.61. The normalized spacial score (nSPS) is 10.8. The van der Waals surface area contributed by atoms with Gasteiger partial charge in [0, 0.05) is 17.0 Å². The summed E-state index contributed by atoms with van der Waals surface area (Å²) in [6, 6.07) is 17.1. The first-order valence-electron chi connectivity index (χ1n) is 7.23. The summed E-state index contributed by atoms with van der Waals surface area (Å²) in [4.78, 5) is 12.0. The Morgan fingerprint density at radius 3 is 2.64 bits per heavy atom. The Hall–Kier alpha value is -2.26. The fourth-order valence-electron chi connectivity index (χ4n) is 2.33. The molecule has 1 aromatic heterocycles. The molecule has 0 bridgehead atoms. The molecule has 2 aromatic carbocycles. The number of carbonyl (C=O) groups excluding carboxylic acids is 1. The van der Waals surface area contributed by atoms with Gasteiger partial charge in [-0.2, -0.15) is 0 Å². The maximum atomic E-state index is 12.0. The quantitative estimate of drug-likeness (QED) is 0.707. The van der Waals surface area contributed by atoms with Crippen molar-refractivity contribution in [3.63, 3.8) is 0 Å². The molecule has 3 nitrogen and oxygen atoms in total. The summed E-state index contributed by atoms with van der Waals surface area (Å²) in [5, 5.41) is 4.56. The van der Waals surface area contributed by atoms with Gasteiger partial charge in [0.25, 0.3) is 5.91 Å². The number of furan rings is 1. The molecule has 112 valence electrons. The van der Waals surface area contributed by atoms with Gasteiger partial charge < -0.3 is 9.73 Å². The van der Waals surface area contributed by atoms with Crippen LogP contribution in [0.4, 0.5) is 0 Å². The topological polar surface area (TPSA) is 42.2 Å². The number of nitrogens with one attached hydrogen (secondary N) is 1. The van der Waals surface area contributed by atoms with Crippen molar-refractivity contribution >= 4 is 28.5 Å². The molecule has 1 N–H and O–H groups in total. The van der Waals surface area contributed by atoms with E-state index in [-0.39, 0.29) is 5.91 Å². The number of halogens is 1. The van der Waals surface area contributed by atoms with E-state index < -0.39 is 0 Å². The van der Waals surface area contributed by atoms with E-state index in [1.165, 1.54) is 5.56 Å². The molecular formula is C18H16ClNO2. The third kappa shape index (κ3) is 3.49. The number of amides is 1. The van der Waals surface area contributed by atoms with Gasteiger partial charge in [-0.3, -0.25) is 4.79 Å². The van der Waals surface area contributed by atoms with E-state index in [0.717, 1.165) is 28.8 Å². The van der Waals surface area contributed by atoms with Crippen LogP contribution in [0.2, 0.25) is 5.02 Å². The lowest BCUT2D eigenvalue weighted by molar-refractivity contribution is 0.0927. The summed E-state index contributed by atoms with van der Waals surface area (Å²) in [6.07, 6.45) is 1.77. The Bertz CT molecular complexity index is 744. The summed E-state index contributed by atoms with van der Waals surface area (Å²) >= 11 is 5.85. The molecule has 0 aliphatic rings. The third-order valence-electron chi connectivity index (χ3n) is 3.49. The largest absolute Gasteiger partial charge is 0.451 e. The molecule has 1 heterocycles. The lowest BCUT2D eigenvalue weighted by Gasteiger charge is -2.03. The van der Waals surface area contributed by atoms with Crippen LogP contribution in [0.5, 0.6) is 0 Å². The summed E-state index contributed by atoms with van der Waals surface area (Å²) in [5.41, 5.74) is 1.94. The highest BCUT2D eigenvalue weighted by molar-refractivity contribution is 6.30. The zero-order valence-corrected chi connectivity index (χ0v) is 12.8. The smallest absolute Gasteiger partial charge is 0.287 e. The van der Waals surface area contributed by atoms with Crippen molar-refractivity contribution in [1.82, 2.24) is 5.32 Å². The van der Waals surface area contributed by atoms with Crippen LogP contribution in [-0.2, 0) is 6.42 Å². The van der Waals surface area contributed by atoms with Crippen LogP contribution in [0, 0.1) is 0 Å². The maximum Gasteiger partial charge on any atom is 0.287 e. The van der Waals surface area contributed by atoms with E-state index in [2.05, 4.69) is 5.32 Å². The SMILES string of the molecule is O=C(NCCCc1ccc(Cl)cc1)c1cc2ccccc2o1. The molecular weight excluding hydrogens is 298 g/mol. The molecule has 4 heteroatoms. The van der Waals surface area contributed by atoms with Crippen LogP contribution in [0.25, 0.3) is 11.0 Å². The van der Waals surface area contributed by atoms with Gasteiger partial charge in [0.1, 0.15) is 5.58 Å². The van der Waals surface area contributed by atoms with Gasteiger partial charge in [0.15, 0.2) is 5.76 Å². The second-order valence-electron chi connectivity index (χ2n) is 5.13. The van der Waals surface area contributed by atoms with Gasteiger partial charge in [-0.1, -0.05) is 41.9 Å². The first-order chi connectivity index (χ1) is 10.7. The number of carbonyl (C=O) groups is 1. The number of benzene rings is 2. The van der Waals surface area contributed by atoms with E-state index in [1.54, 1.807) is 6.07 Å². The predicted molar refractivity (Wildman–Crippen MR) is 88.3 cm³/mol. The minimum atomic E-state index is -0.174. The van der Waals surface area contributed by atoms with E-state index >= 15 is 0 Å². The van der Waals surface area contributed by atoms with Crippen molar-refractivity contribution in [3.05, 3.63) is 70.9 Å². The molecule has 3 aromatic rings. The van der Waals surface area contributed by atoms with E-state index in [4.69, 9.17) is 16.0 Å². The number of fused-ring (bicyclic) bond motifs is 1. The van der Waals surface area contributed by atoms with Crippen LogP contribution < -0.4 is 5.32 Å². The fraction of sp³-hybridized carbons (Fsp3) is 0.167. The lowest BCUT2D eigenvalue weighted by Crippen LogP contribution is -2.24. The van der Waals surface area contributed by atoms with Gasteiger partial charge in [0.05, 0.1) is 0 Å². The molecule has 0 saturated heterocycles. The zero-order valence-electron chi connectivity index (χ0n) is 12.0. The highest BCUT2D eigenvalue weighted by Crippen LogP contribution is 2.18. The molecule has 1 amide bonds. The summed E-state index contributed by atoms with van der Waals surface area (Å²) in [7, 11) is 0. The molecule has 3 rings (SSSR count). The lowest BCUT2D eigenvalue weighted by atomic mass is 10.1. The van der Waals surface area contributed by atoms with Gasteiger partial charge in [0.2, 0.25) is 0 Å². The molecule has 0 radical (unpaired) electrons. The van der Waals surface area contributed by atoms with Crippen molar-refractivity contribution < 1.29 is 9.21 Å². The maximum absolute atomic E-state index is 12.0. The predicted octanol–water partition coefficient (Wildman–Crippen LogP) is 4.45. The fourth-order valence-corrected chi connectivity index (χ4v) is 2.45. The number of hydrogen-bond donors (Lipinski definition) is 1. The van der Waals surface area contributed by atoms with E-state index in [0.29, 0.717) is 12.3 Å². The summed E-state index contributed by atoms with van der Waals surface area (Å²) in [6.45, 7) is 0.610. The Morgan fingerprint density at radius 1 is 1.09 bits per heavy atom. The van der Waals surface area contributed by atoms with Crippen molar-refractivity contribution in [3.8, 4) is 0 Å². The Labute approximate surface area is 133 Å². The summed E-state index contributed by atoms with van der Waals surface area (Å²) in [5.74, 6) is 0.181. The first kappa shape index (κ1) is 14.7. The second-order valence-corrected chi connectivity index (χ2v) is 5.57. The zero-order chi connectivity index (χ0) is 15.4. The number of para-hydroxylation sites is 1. The molecule has 0 atom stereocenters. The van der Waals surface area contributed by atoms with Crippen LogP contribution >= 0.6 is 11.6 Å². The van der Waals surface area contributed by atoms with Crippen LogP contribution in [-0.4, -0.2) is 12.5 Å². The average molecular weight is 314 g/mol. The molecule has 0 aliphatic heterocycles. The van der Waals surface area contributed by atoms with Gasteiger partial charge in [-0.05, 0) is 42.7 Å². The van der Waals surface area contributed by atoms with Gasteiger partial charge in [-0.25, -0.2) is 0 Å². The van der Waals surface area contributed by atoms with Crippen molar-refractivity contribution in [2.45, 2.75) is 12.8 Å². The van der Waals surface area contributed by atoms with Gasteiger partial charge in [-0.15, -0.1) is 0 Å². The second kappa shape index (κ2) is 6.67. The standard InChI is InChI=1S/C18H16ClNO2/c19-15-9-7-13(8-10-15)4-3-11-20-18(21)17-12-14-5-1-2-6-16(14)22-17/h1-2,5-10,12H,3-4,11H2,(H,20,21). The molecule has 0 fully saturated rings. The monoisotopic (exact) mass is 313 g/mol. The number of aryl methyl sites for hydroxylation is 1. The van der Waals surface area contributed by atoms with Crippen LogP contribution in [0.3, 0.4) is 0 Å². The van der Waals surface area contributed by atoms with E-state index in [1.807, 2.05) is 48.5 Å². The summed E-state index contributed by atoms with van der Waals surface area (Å²) < 4.78 is 5.53. The number of hydrogen-bond acceptors (Lipinski definition) is 2. The van der Waals surface area contributed by atoms with Crippen LogP contribution in [0.15, 0.2) is 59.0 Å². The Kier molecular flexibility index (Phi) is 4.45. The average Bonchev–Trinajstić information content (AvgIpc) is 2.97. The third-order valence-corrected chi connectivity index (χ3v) is 3.74. The highest BCUT2D eigenvalue weighted by Gasteiger charge is 2.11. The number of rotatable bonds is 5. The minimum absolute atomic E-state index is 0.174. The van der Waals surface area contributed by atoms with Crippen molar-refractivity contribution in [1.29, 1.82) is 0 Å². The molecule has 0 saturated carbocycles. The van der Waals surface area contributed by atoms with Crippen molar-refractivity contribution in [2.24, 2.45) is 0 Å². The molecule has 22 heavy (non-hydrogen) atoms. The van der Waals surface area contributed by atoms with Crippen LogP contribution in [0.1, 0.15) is 22.5 Å².